The van der Waals surface area contributed by atoms with Crippen molar-refractivity contribution in [2.75, 3.05) is 25.1 Å². The first-order valence-electron chi connectivity index (χ1n) is 13.5. The number of phenols is 1. The van der Waals surface area contributed by atoms with E-state index < -0.39 is 66.7 Å². The number of hydrogen-bond acceptors (Lipinski definition) is 9. The van der Waals surface area contributed by atoms with Crippen molar-refractivity contribution in [1.29, 1.82) is 0 Å². The lowest BCUT2D eigenvalue weighted by atomic mass is 10.0. The van der Waals surface area contributed by atoms with Gasteiger partial charge >= 0.3 is 0 Å². The molecule has 10 N–H and O–H groups in total. The number of hydrogen-bond donors (Lipinski definition) is 8. The monoisotopic (exact) mass is 632 g/mol. The van der Waals surface area contributed by atoms with Crippen LogP contribution in [0.15, 0.2) is 54.6 Å². The van der Waals surface area contributed by atoms with E-state index in [1.54, 1.807) is 36.4 Å². The van der Waals surface area contributed by atoms with Gasteiger partial charge in [-0.05, 0) is 48.1 Å². The number of carbonyl (C=O) groups excluding carboxylic acids is 5. The van der Waals surface area contributed by atoms with Crippen molar-refractivity contribution in [2.24, 2.45) is 11.5 Å². The van der Waals surface area contributed by atoms with Crippen molar-refractivity contribution in [3.8, 4) is 5.75 Å². The van der Waals surface area contributed by atoms with Crippen molar-refractivity contribution in [3.63, 3.8) is 0 Å². The lowest BCUT2D eigenvalue weighted by molar-refractivity contribution is -0.134. The Morgan fingerprint density at radius 1 is 0.795 bits per heavy atom. The Morgan fingerprint density at radius 3 is 1.93 bits per heavy atom. The van der Waals surface area contributed by atoms with Crippen molar-refractivity contribution in [1.82, 2.24) is 21.3 Å². The quantitative estimate of drug-likeness (QED) is 0.113. The first-order chi connectivity index (χ1) is 20.8. The number of thioether (sulfide) groups is 1. The van der Waals surface area contributed by atoms with Crippen LogP contribution in [0.1, 0.15) is 24.5 Å². The Hall–Kier alpha value is -4.63. The van der Waals surface area contributed by atoms with Gasteiger partial charge in [-0.1, -0.05) is 42.5 Å². The van der Waals surface area contributed by atoms with Gasteiger partial charge in [-0.15, -0.1) is 0 Å². The normalized spacial score (nSPS) is 12.2. The molecule has 0 spiro atoms. The van der Waals surface area contributed by atoms with Crippen LogP contribution < -0.4 is 32.7 Å². The van der Waals surface area contributed by atoms with Crippen LogP contribution >= 0.6 is 11.8 Å². The summed E-state index contributed by atoms with van der Waals surface area (Å²) < 4.78 is 0. The highest BCUT2D eigenvalue weighted by molar-refractivity contribution is 7.98. The molecule has 0 aliphatic rings. The molecule has 0 aromatic heterocycles. The topological polar surface area (TPSA) is 243 Å². The molecule has 0 saturated heterocycles. The molecule has 0 bridgehead atoms. The molecular formula is C29H40N6O8S. The fourth-order valence-corrected chi connectivity index (χ4v) is 4.09. The fourth-order valence-electron chi connectivity index (χ4n) is 3.62. The van der Waals surface area contributed by atoms with E-state index in [1.807, 2.05) is 12.3 Å². The number of nitrogens with one attached hydrogen (secondary N) is 4. The molecular weight excluding hydrogens is 592 g/mol. The number of carbonyl (C=O) groups is 6. The van der Waals surface area contributed by atoms with Gasteiger partial charge < -0.3 is 42.9 Å². The Labute approximate surface area is 259 Å². The highest BCUT2D eigenvalue weighted by atomic mass is 32.2. The molecule has 0 unspecified atom stereocenters. The molecule has 2 rings (SSSR count). The Kier molecular flexibility index (Phi) is 17.3. The molecule has 0 radical (unpaired) electrons. The molecule has 0 saturated carbocycles. The fraction of sp³-hybridized carbons (Fsp3) is 0.379. The molecule has 0 heterocycles. The van der Waals surface area contributed by atoms with Crippen LogP contribution in [0.5, 0.6) is 5.75 Å². The molecule has 2 aromatic carbocycles. The number of carboxylic acid groups (broad SMARTS) is 1. The second-order valence-corrected chi connectivity index (χ2v) is 10.5. The van der Waals surface area contributed by atoms with Gasteiger partial charge in [0.1, 0.15) is 17.8 Å². The largest absolute Gasteiger partial charge is 0.508 e. The first kappa shape index (κ1) is 37.4. The smallest absolute Gasteiger partial charge is 0.300 e. The zero-order chi connectivity index (χ0) is 33.1. The van der Waals surface area contributed by atoms with E-state index in [-0.39, 0.29) is 18.6 Å². The van der Waals surface area contributed by atoms with Gasteiger partial charge in [0.05, 0.1) is 19.1 Å². The number of phenolic OH excluding ortho intramolecular Hbond substituents is 1. The van der Waals surface area contributed by atoms with E-state index in [0.717, 1.165) is 18.1 Å². The van der Waals surface area contributed by atoms with Crippen molar-refractivity contribution in [2.45, 2.75) is 44.3 Å². The Morgan fingerprint density at radius 2 is 1.36 bits per heavy atom. The molecule has 0 fully saturated rings. The molecule has 240 valence electrons. The maximum absolute atomic E-state index is 13.0. The van der Waals surface area contributed by atoms with Crippen LogP contribution in [-0.4, -0.2) is 88.9 Å². The van der Waals surface area contributed by atoms with Crippen molar-refractivity contribution >= 4 is 47.3 Å². The van der Waals surface area contributed by atoms with Gasteiger partial charge in [-0.25, -0.2) is 0 Å². The number of rotatable bonds is 16. The second kappa shape index (κ2) is 20.3. The summed E-state index contributed by atoms with van der Waals surface area (Å²) in [5, 5.41) is 26.7. The van der Waals surface area contributed by atoms with E-state index in [4.69, 9.17) is 21.4 Å². The van der Waals surface area contributed by atoms with Crippen LogP contribution in [0.2, 0.25) is 0 Å². The van der Waals surface area contributed by atoms with Crippen LogP contribution in [0.4, 0.5) is 0 Å². The van der Waals surface area contributed by atoms with Gasteiger partial charge in [0.25, 0.3) is 5.97 Å². The molecule has 2 aromatic rings. The van der Waals surface area contributed by atoms with E-state index in [2.05, 4.69) is 21.3 Å². The summed E-state index contributed by atoms with van der Waals surface area (Å²) in [5.74, 6) is -3.22. The van der Waals surface area contributed by atoms with Gasteiger partial charge in [-0.3, -0.25) is 28.8 Å². The van der Waals surface area contributed by atoms with Gasteiger partial charge in [-0.2, -0.15) is 11.8 Å². The Bertz CT molecular complexity index is 1240. The molecule has 5 amide bonds. The average molecular weight is 633 g/mol. The first-order valence-corrected chi connectivity index (χ1v) is 14.9. The summed E-state index contributed by atoms with van der Waals surface area (Å²) in [7, 11) is 0. The minimum absolute atomic E-state index is 0.0931. The van der Waals surface area contributed by atoms with E-state index in [0.29, 0.717) is 12.2 Å². The summed E-state index contributed by atoms with van der Waals surface area (Å²) >= 11 is 1.50. The zero-order valence-electron chi connectivity index (χ0n) is 24.6. The standard InChI is InChI=1S/C27H36N6O6S.C2H4O2/c1-40-12-11-21(25(29)37)33-27(39)22(14-17-5-3-2-4-6-17)32-24(36)16-30-23(35)15-31-26(38)20(28)13-18-7-9-19(34)10-8-18;1-2(3)4/h2-10,20-22,34H,11-16,28H2,1H3,(H2,29,37)(H,30,35)(H,31,38)(H,32,36)(H,33,39);1H3,(H,3,4)/t20-,21+,22-;/m1./s1. The Balaban J connectivity index is 0.00000227. The maximum atomic E-state index is 13.0. The van der Waals surface area contributed by atoms with Crippen LogP contribution in [0.25, 0.3) is 0 Å². The second-order valence-electron chi connectivity index (χ2n) is 9.55. The summed E-state index contributed by atoms with van der Waals surface area (Å²) in [4.78, 5) is 70.8. The minimum atomic E-state index is -1.03. The lowest BCUT2D eigenvalue weighted by Gasteiger charge is -2.22. The molecule has 14 nitrogen and oxygen atoms in total. The van der Waals surface area contributed by atoms with Gasteiger partial charge in [0, 0.05) is 13.3 Å². The number of carboxylic acids is 1. The molecule has 44 heavy (non-hydrogen) atoms. The molecule has 15 heteroatoms. The highest BCUT2D eigenvalue weighted by Crippen LogP contribution is 2.11. The molecule has 0 aliphatic carbocycles. The van der Waals surface area contributed by atoms with E-state index in [9.17, 15) is 29.1 Å². The van der Waals surface area contributed by atoms with Gasteiger partial charge in [0.2, 0.25) is 29.5 Å². The number of nitrogens with two attached hydrogens (primary N) is 2. The predicted molar refractivity (Wildman–Crippen MR) is 165 cm³/mol. The third-order valence-electron chi connectivity index (χ3n) is 5.80. The van der Waals surface area contributed by atoms with E-state index >= 15 is 0 Å². The maximum Gasteiger partial charge on any atom is 0.300 e. The lowest BCUT2D eigenvalue weighted by Crippen LogP contribution is -2.55. The van der Waals surface area contributed by atoms with Crippen molar-refractivity contribution in [3.05, 3.63) is 65.7 Å². The number of amides is 5. The summed E-state index contributed by atoms with van der Waals surface area (Å²) in [6.07, 6.45) is 2.56. The predicted octanol–water partition coefficient (Wildman–Crippen LogP) is -0.964. The zero-order valence-corrected chi connectivity index (χ0v) is 25.4. The van der Waals surface area contributed by atoms with E-state index in [1.165, 1.54) is 23.9 Å². The third kappa shape index (κ3) is 16.1. The SMILES string of the molecule is CC(=O)O.CSCC[C@H](NC(=O)[C@@H](Cc1ccccc1)NC(=O)CNC(=O)CNC(=O)[C@H](N)Cc1ccc(O)cc1)C(N)=O. The van der Waals surface area contributed by atoms with Crippen LogP contribution in [0, 0.1) is 0 Å². The van der Waals surface area contributed by atoms with Crippen molar-refractivity contribution < 1.29 is 39.0 Å². The molecule has 3 atom stereocenters. The summed E-state index contributed by atoms with van der Waals surface area (Å²) in [6, 6.07) is 12.4. The number of benzene rings is 2. The number of aliphatic carboxylic acids is 1. The molecule has 0 aliphatic heterocycles. The summed E-state index contributed by atoms with van der Waals surface area (Å²) in [6.45, 7) is 0.234. The number of primary amides is 1. The van der Waals surface area contributed by atoms with Gasteiger partial charge in [0.15, 0.2) is 0 Å². The average Bonchev–Trinajstić information content (AvgIpc) is 2.97. The third-order valence-corrected chi connectivity index (χ3v) is 6.45. The highest BCUT2D eigenvalue weighted by Gasteiger charge is 2.26. The van der Waals surface area contributed by atoms with Crippen LogP contribution in [0.3, 0.4) is 0 Å². The number of aromatic hydroxyl groups is 1. The van der Waals surface area contributed by atoms with Crippen LogP contribution in [-0.2, 0) is 41.6 Å². The summed E-state index contributed by atoms with van der Waals surface area (Å²) in [5.41, 5.74) is 12.8. The minimum Gasteiger partial charge on any atom is -0.508 e.